The van der Waals surface area contributed by atoms with E-state index in [2.05, 4.69) is 22.5 Å². The van der Waals surface area contributed by atoms with Crippen molar-refractivity contribution in [3.05, 3.63) is 29.8 Å². The molecule has 25 heavy (non-hydrogen) atoms. The molecule has 140 valence electrons. The molecule has 1 fully saturated rings. The number of rotatable bonds is 7. The van der Waals surface area contributed by atoms with Gasteiger partial charge in [-0.15, -0.1) is 0 Å². The SMILES string of the molecule is CCc1ccccc1NC(=O)CN1CCC(NC(=O)COC)CC1.[Cl-]. The van der Waals surface area contributed by atoms with E-state index < -0.39 is 0 Å². The third kappa shape index (κ3) is 7.02. The molecule has 0 aromatic heterocycles. The number of carbonyl (C=O) groups excluding carboxylic acids is 2. The first-order valence-electron chi connectivity index (χ1n) is 8.50. The van der Waals surface area contributed by atoms with Gasteiger partial charge in [-0.3, -0.25) is 14.5 Å². The van der Waals surface area contributed by atoms with E-state index in [9.17, 15) is 9.59 Å². The molecule has 0 unspecified atom stereocenters. The molecule has 1 aromatic carbocycles. The summed E-state index contributed by atoms with van der Waals surface area (Å²) in [5.74, 6) is -0.0670. The molecule has 2 N–H and O–H groups in total. The van der Waals surface area contributed by atoms with Gasteiger partial charge in [-0.2, -0.15) is 0 Å². The van der Waals surface area contributed by atoms with Crippen LogP contribution in [-0.4, -0.2) is 56.1 Å². The lowest BCUT2D eigenvalue weighted by atomic mass is 10.0. The molecular weight excluding hydrogens is 342 g/mol. The van der Waals surface area contributed by atoms with Crippen molar-refractivity contribution in [3.8, 4) is 0 Å². The van der Waals surface area contributed by atoms with Crippen LogP contribution in [-0.2, 0) is 20.7 Å². The standard InChI is InChI=1S/C18H27N3O3.ClH/c1-3-14-6-4-5-7-16(14)20-17(22)12-21-10-8-15(9-11-21)19-18(23)13-24-2;/h4-7,15H,3,8-13H2,1-2H3,(H,19,23)(H,20,22);1H/p-1. The summed E-state index contributed by atoms with van der Waals surface area (Å²) in [6.45, 7) is 4.17. The first kappa shape index (κ1) is 21.4. The molecular formula is C18H27ClN3O3-. The number of methoxy groups -OCH3 is 1. The summed E-state index contributed by atoms with van der Waals surface area (Å²) in [7, 11) is 1.51. The maximum atomic E-state index is 12.3. The van der Waals surface area contributed by atoms with Crippen LogP contribution >= 0.6 is 0 Å². The van der Waals surface area contributed by atoms with Crippen LogP contribution < -0.4 is 23.0 Å². The number of hydrogen-bond donors (Lipinski definition) is 2. The molecule has 2 amide bonds. The molecule has 6 nitrogen and oxygen atoms in total. The minimum atomic E-state index is -0.0788. The maximum Gasteiger partial charge on any atom is 0.246 e. The Morgan fingerprint density at radius 2 is 1.88 bits per heavy atom. The second-order valence-electron chi connectivity index (χ2n) is 6.11. The largest absolute Gasteiger partial charge is 1.00 e. The van der Waals surface area contributed by atoms with Gasteiger partial charge in [0.25, 0.3) is 0 Å². The number of ether oxygens (including phenoxy) is 1. The normalized spacial score (nSPS) is 15.3. The van der Waals surface area contributed by atoms with Crippen molar-refractivity contribution in [2.24, 2.45) is 0 Å². The van der Waals surface area contributed by atoms with E-state index in [1.165, 1.54) is 7.11 Å². The highest BCUT2D eigenvalue weighted by Gasteiger charge is 2.22. The van der Waals surface area contributed by atoms with E-state index in [1.54, 1.807) is 0 Å². The first-order valence-corrected chi connectivity index (χ1v) is 8.50. The Bertz CT molecular complexity index is 560. The van der Waals surface area contributed by atoms with Crippen molar-refractivity contribution in [1.29, 1.82) is 0 Å². The van der Waals surface area contributed by atoms with Gasteiger partial charge < -0.3 is 27.8 Å². The van der Waals surface area contributed by atoms with E-state index in [0.29, 0.717) is 6.54 Å². The lowest BCUT2D eigenvalue weighted by Crippen LogP contribution is -3.00. The maximum absolute atomic E-state index is 12.3. The summed E-state index contributed by atoms with van der Waals surface area (Å²) in [4.78, 5) is 25.9. The van der Waals surface area contributed by atoms with Gasteiger partial charge in [0.2, 0.25) is 11.8 Å². The van der Waals surface area contributed by atoms with Crippen molar-refractivity contribution >= 4 is 17.5 Å². The lowest BCUT2D eigenvalue weighted by Gasteiger charge is -2.31. The zero-order valence-corrected chi connectivity index (χ0v) is 15.6. The Morgan fingerprint density at radius 1 is 1.20 bits per heavy atom. The average Bonchev–Trinajstić information content (AvgIpc) is 2.57. The fraction of sp³-hybridized carbons (Fsp3) is 0.556. The second-order valence-corrected chi connectivity index (χ2v) is 6.11. The Morgan fingerprint density at radius 3 is 2.52 bits per heavy atom. The van der Waals surface area contributed by atoms with Crippen LogP contribution in [0.15, 0.2) is 24.3 Å². The number of likely N-dealkylation sites (tertiary alicyclic amines) is 1. The molecule has 1 aliphatic rings. The van der Waals surface area contributed by atoms with Gasteiger partial charge in [0.05, 0.1) is 6.54 Å². The lowest BCUT2D eigenvalue weighted by molar-refractivity contribution is -0.126. The van der Waals surface area contributed by atoms with Gasteiger partial charge >= 0.3 is 0 Å². The Balaban J connectivity index is 0.00000312. The Labute approximate surface area is 155 Å². The van der Waals surface area contributed by atoms with Crippen molar-refractivity contribution in [3.63, 3.8) is 0 Å². The van der Waals surface area contributed by atoms with Gasteiger partial charge in [-0.25, -0.2) is 0 Å². The summed E-state index contributed by atoms with van der Waals surface area (Å²) in [5, 5.41) is 5.96. The fourth-order valence-electron chi connectivity index (χ4n) is 2.98. The molecule has 1 aromatic rings. The van der Waals surface area contributed by atoms with Crippen LogP contribution in [0, 0.1) is 0 Å². The number of hydrogen-bond acceptors (Lipinski definition) is 4. The fourth-order valence-corrected chi connectivity index (χ4v) is 2.98. The number of aryl methyl sites for hydroxylation is 1. The summed E-state index contributed by atoms with van der Waals surface area (Å²) in [5.41, 5.74) is 2.04. The van der Waals surface area contributed by atoms with Crippen LogP contribution in [0.2, 0.25) is 0 Å². The predicted octanol–water partition coefficient (Wildman–Crippen LogP) is -1.58. The molecule has 0 saturated carbocycles. The molecule has 0 radical (unpaired) electrons. The van der Waals surface area contributed by atoms with Gasteiger partial charge in [0.1, 0.15) is 6.61 Å². The third-order valence-corrected chi connectivity index (χ3v) is 4.27. The van der Waals surface area contributed by atoms with E-state index in [-0.39, 0.29) is 36.9 Å². The minimum absolute atomic E-state index is 0. The highest BCUT2D eigenvalue weighted by atomic mass is 35.5. The number of benzene rings is 1. The van der Waals surface area contributed by atoms with Gasteiger partial charge in [0.15, 0.2) is 0 Å². The number of amides is 2. The number of anilines is 1. The summed E-state index contributed by atoms with van der Waals surface area (Å²) < 4.78 is 4.82. The van der Waals surface area contributed by atoms with Gasteiger partial charge in [-0.1, -0.05) is 25.1 Å². The van der Waals surface area contributed by atoms with Gasteiger partial charge in [0, 0.05) is 31.9 Å². The van der Waals surface area contributed by atoms with Crippen LogP contribution in [0.5, 0.6) is 0 Å². The van der Waals surface area contributed by atoms with Crippen molar-refractivity contribution in [2.75, 3.05) is 38.7 Å². The Kier molecular flexibility index (Phi) is 9.49. The van der Waals surface area contributed by atoms with E-state index in [1.807, 2.05) is 24.3 Å². The van der Waals surface area contributed by atoms with Crippen LogP contribution in [0.4, 0.5) is 5.69 Å². The molecule has 1 aliphatic heterocycles. The molecule has 1 heterocycles. The monoisotopic (exact) mass is 368 g/mol. The van der Waals surface area contributed by atoms with E-state index >= 15 is 0 Å². The number of halogens is 1. The van der Waals surface area contributed by atoms with Crippen LogP contribution in [0.1, 0.15) is 25.3 Å². The number of nitrogens with zero attached hydrogens (tertiary/aromatic N) is 1. The zero-order chi connectivity index (χ0) is 17.4. The van der Waals surface area contributed by atoms with Crippen LogP contribution in [0.3, 0.4) is 0 Å². The highest BCUT2D eigenvalue weighted by Crippen LogP contribution is 2.16. The smallest absolute Gasteiger partial charge is 0.246 e. The molecule has 0 aliphatic carbocycles. The predicted molar refractivity (Wildman–Crippen MR) is 93.9 cm³/mol. The van der Waals surface area contributed by atoms with E-state index in [4.69, 9.17) is 4.74 Å². The minimum Gasteiger partial charge on any atom is -1.00 e. The number of piperidine rings is 1. The third-order valence-electron chi connectivity index (χ3n) is 4.27. The average molecular weight is 369 g/mol. The summed E-state index contributed by atoms with van der Waals surface area (Å²) >= 11 is 0. The summed E-state index contributed by atoms with van der Waals surface area (Å²) in [6.07, 6.45) is 2.60. The molecule has 1 saturated heterocycles. The van der Waals surface area contributed by atoms with E-state index in [0.717, 1.165) is 43.6 Å². The number of nitrogens with one attached hydrogen (secondary N) is 2. The van der Waals surface area contributed by atoms with Crippen molar-refractivity contribution in [1.82, 2.24) is 10.2 Å². The molecule has 0 atom stereocenters. The number of carbonyl (C=O) groups is 2. The number of para-hydroxylation sites is 1. The topological polar surface area (TPSA) is 70.7 Å². The first-order chi connectivity index (χ1) is 11.6. The second kappa shape index (κ2) is 11.1. The summed E-state index contributed by atoms with van der Waals surface area (Å²) in [6, 6.07) is 8.06. The van der Waals surface area contributed by atoms with Gasteiger partial charge in [-0.05, 0) is 30.9 Å². The highest BCUT2D eigenvalue weighted by molar-refractivity contribution is 5.93. The Hall–Kier alpha value is -1.63. The van der Waals surface area contributed by atoms with Crippen LogP contribution in [0.25, 0.3) is 0 Å². The molecule has 0 spiro atoms. The van der Waals surface area contributed by atoms with Crippen molar-refractivity contribution in [2.45, 2.75) is 32.2 Å². The quantitative estimate of drug-likeness (QED) is 0.609. The molecule has 0 bridgehead atoms. The molecule has 7 heteroatoms. The van der Waals surface area contributed by atoms with Crippen molar-refractivity contribution < 1.29 is 26.7 Å². The zero-order valence-electron chi connectivity index (χ0n) is 14.9. The molecule has 2 rings (SSSR count).